The second-order valence-corrected chi connectivity index (χ2v) is 9.31. The maximum atomic E-state index is 13.8. The molecule has 1 heterocycles. The van der Waals surface area contributed by atoms with Crippen LogP contribution in [0.15, 0.2) is 66.7 Å². The fourth-order valence-corrected chi connectivity index (χ4v) is 6.54. The molecule has 5 heteroatoms. The van der Waals surface area contributed by atoms with Gasteiger partial charge in [-0.05, 0) is 40.5 Å². The van der Waals surface area contributed by atoms with E-state index in [1.54, 1.807) is 18.2 Å². The van der Waals surface area contributed by atoms with Crippen molar-refractivity contribution in [2.45, 2.75) is 18.3 Å². The second-order valence-electron chi connectivity index (χ2n) is 8.47. The Balaban J connectivity index is 1.62. The van der Waals surface area contributed by atoms with E-state index in [0.29, 0.717) is 15.7 Å². The van der Waals surface area contributed by atoms with Gasteiger partial charge in [0.1, 0.15) is 0 Å². The molecule has 1 fully saturated rings. The quantitative estimate of drug-likeness (QED) is 0.470. The van der Waals surface area contributed by atoms with Crippen LogP contribution < -0.4 is 4.90 Å². The Labute approximate surface area is 184 Å². The smallest absolute Gasteiger partial charge is 0.239 e. The van der Waals surface area contributed by atoms with Crippen molar-refractivity contribution in [1.29, 1.82) is 0 Å². The summed E-state index contributed by atoms with van der Waals surface area (Å²) in [5.41, 5.74) is 4.39. The molecule has 7 rings (SSSR count). The van der Waals surface area contributed by atoms with Crippen LogP contribution in [0, 0.1) is 11.8 Å². The monoisotopic (exact) mass is 433 g/mol. The Hall–Kier alpha value is -2.62. The molecule has 3 aliphatic carbocycles. The molecule has 2 amide bonds. The summed E-state index contributed by atoms with van der Waals surface area (Å²) in [6.45, 7) is 2.11. The summed E-state index contributed by atoms with van der Waals surface area (Å²) in [5, 5.41) is 0.766. The summed E-state index contributed by atoms with van der Waals surface area (Å²) in [4.78, 5) is 28.9. The number of rotatable bonds is 1. The summed E-state index contributed by atoms with van der Waals surface area (Å²) in [6.07, 6.45) is 0. The van der Waals surface area contributed by atoms with Gasteiger partial charge in [0.2, 0.25) is 11.8 Å². The van der Waals surface area contributed by atoms with E-state index in [-0.39, 0.29) is 17.7 Å². The molecule has 30 heavy (non-hydrogen) atoms. The highest BCUT2D eigenvalue weighted by atomic mass is 35.5. The molecule has 0 saturated carbocycles. The van der Waals surface area contributed by atoms with Crippen molar-refractivity contribution in [2.24, 2.45) is 11.8 Å². The van der Waals surface area contributed by atoms with Crippen LogP contribution in [0.5, 0.6) is 0 Å². The Morgan fingerprint density at radius 1 is 0.833 bits per heavy atom. The highest BCUT2D eigenvalue weighted by Crippen LogP contribution is 2.64. The summed E-state index contributed by atoms with van der Waals surface area (Å²) in [5.74, 6) is -1.43. The lowest BCUT2D eigenvalue weighted by molar-refractivity contribution is -0.123. The average Bonchev–Trinajstić information content (AvgIpc) is 3.01. The van der Waals surface area contributed by atoms with Crippen molar-refractivity contribution in [1.82, 2.24) is 0 Å². The van der Waals surface area contributed by atoms with Crippen molar-refractivity contribution in [3.8, 4) is 0 Å². The summed E-state index contributed by atoms with van der Waals surface area (Å²) < 4.78 is 0. The van der Waals surface area contributed by atoms with Crippen LogP contribution in [0.1, 0.15) is 35.1 Å². The third kappa shape index (κ3) is 2.02. The summed E-state index contributed by atoms with van der Waals surface area (Å²) in [7, 11) is 0. The lowest BCUT2D eigenvalue weighted by Gasteiger charge is -2.52. The number of hydrogen-bond acceptors (Lipinski definition) is 2. The maximum Gasteiger partial charge on any atom is 0.239 e. The number of carbonyl (C=O) groups excluding carboxylic acids is 2. The first-order chi connectivity index (χ1) is 14.4. The topological polar surface area (TPSA) is 37.4 Å². The van der Waals surface area contributed by atoms with Crippen LogP contribution in [0.25, 0.3) is 0 Å². The number of anilines is 1. The second kappa shape index (κ2) is 5.96. The molecule has 1 aliphatic heterocycles. The molecule has 0 spiro atoms. The summed E-state index contributed by atoms with van der Waals surface area (Å²) >= 11 is 12.5. The number of amides is 2. The number of hydrogen-bond donors (Lipinski definition) is 0. The lowest BCUT2D eigenvalue weighted by Crippen LogP contribution is -2.51. The minimum atomic E-state index is -0.576. The standard InChI is InChI=1S/C25H17Cl2NO2/c1-25-16-8-4-2-6-14(16)20(15-7-3-5-9-17(15)25)21-22(25)24(30)28(23(21)29)19-11-10-13(26)12-18(19)27/h2-12,20-22H,1H3/t20?,21-,22-,25?/m0/s1. The van der Waals surface area contributed by atoms with Gasteiger partial charge in [-0.25, -0.2) is 4.90 Å². The van der Waals surface area contributed by atoms with E-state index in [9.17, 15) is 9.59 Å². The molecule has 2 bridgehead atoms. The van der Waals surface area contributed by atoms with Crippen LogP contribution in [0.4, 0.5) is 5.69 Å². The zero-order valence-corrected chi connectivity index (χ0v) is 17.6. The summed E-state index contributed by atoms with van der Waals surface area (Å²) in [6, 6.07) is 21.3. The van der Waals surface area contributed by atoms with Gasteiger partial charge in [0.15, 0.2) is 0 Å². The molecule has 0 radical (unpaired) electrons. The molecule has 0 N–H and O–H groups in total. The Bertz CT molecular complexity index is 1220. The largest absolute Gasteiger partial charge is 0.274 e. The van der Waals surface area contributed by atoms with Gasteiger partial charge in [-0.3, -0.25) is 9.59 Å². The van der Waals surface area contributed by atoms with E-state index >= 15 is 0 Å². The van der Waals surface area contributed by atoms with Gasteiger partial charge in [-0.15, -0.1) is 0 Å². The molecular weight excluding hydrogens is 417 g/mol. The minimum absolute atomic E-state index is 0.142. The molecule has 0 unspecified atom stereocenters. The maximum absolute atomic E-state index is 13.8. The number of benzene rings is 3. The van der Waals surface area contributed by atoms with Crippen LogP contribution in [0.3, 0.4) is 0 Å². The molecule has 3 nitrogen and oxygen atoms in total. The fourth-order valence-electron chi connectivity index (χ4n) is 6.05. The average molecular weight is 434 g/mol. The molecule has 4 aliphatic rings. The predicted octanol–water partition coefficient (Wildman–Crippen LogP) is 5.56. The number of nitrogens with zero attached hydrogens (tertiary/aromatic N) is 1. The van der Waals surface area contributed by atoms with E-state index in [1.807, 2.05) is 24.3 Å². The van der Waals surface area contributed by atoms with Crippen LogP contribution in [-0.4, -0.2) is 11.8 Å². The molecular formula is C25H17Cl2NO2. The van der Waals surface area contributed by atoms with Gasteiger partial charge < -0.3 is 0 Å². The van der Waals surface area contributed by atoms with Gasteiger partial charge in [-0.2, -0.15) is 0 Å². The van der Waals surface area contributed by atoms with E-state index in [1.165, 1.54) is 4.90 Å². The van der Waals surface area contributed by atoms with Crippen molar-refractivity contribution < 1.29 is 9.59 Å². The lowest BCUT2D eigenvalue weighted by atomic mass is 9.48. The van der Waals surface area contributed by atoms with Crippen molar-refractivity contribution >= 4 is 40.7 Å². The van der Waals surface area contributed by atoms with Gasteiger partial charge in [0.05, 0.1) is 22.5 Å². The van der Waals surface area contributed by atoms with E-state index in [0.717, 1.165) is 22.3 Å². The highest BCUT2D eigenvalue weighted by Gasteiger charge is 2.66. The van der Waals surface area contributed by atoms with Gasteiger partial charge in [-0.1, -0.05) is 78.7 Å². The molecule has 3 aromatic rings. The van der Waals surface area contributed by atoms with Crippen molar-refractivity contribution in [3.05, 3.63) is 99.0 Å². The van der Waals surface area contributed by atoms with Crippen LogP contribution in [0.2, 0.25) is 10.0 Å². The van der Waals surface area contributed by atoms with Gasteiger partial charge in [0.25, 0.3) is 0 Å². The molecule has 2 atom stereocenters. The molecule has 0 aromatic heterocycles. The first-order valence-electron chi connectivity index (χ1n) is 9.96. The first kappa shape index (κ1) is 18.2. The Kier molecular flexibility index (Phi) is 3.61. The molecule has 1 saturated heterocycles. The SMILES string of the molecule is CC12c3ccccc3C(c3ccccc31)[C@@H]1C(=O)N(c3ccc(Cl)cc3Cl)C(=O)[C@H]12. The fraction of sp³-hybridized carbons (Fsp3) is 0.200. The first-order valence-corrected chi connectivity index (χ1v) is 10.7. The van der Waals surface area contributed by atoms with E-state index in [4.69, 9.17) is 23.2 Å². The van der Waals surface area contributed by atoms with Gasteiger partial charge >= 0.3 is 0 Å². The molecule has 148 valence electrons. The van der Waals surface area contributed by atoms with E-state index in [2.05, 4.69) is 31.2 Å². The highest BCUT2D eigenvalue weighted by molar-refractivity contribution is 6.38. The number of halogens is 2. The predicted molar refractivity (Wildman–Crippen MR) is 117 cm³/mol. The third-order valence-electron chi connectivity index (χ3n) is 7.19. The normalized spacial score (nSPS) is 28.4. The minimum Gasteiger partial charge on any atom is -0.274 e. The van der Waals surface area contributed by atoms with Crippen molar-refractivity contribution in [3.63, 3.8) is 0 Å². The Morgan fingerprint density at radius 3 is 2.03 bits per heavy atom. The number of carbonyl (C=O) groups is 2. The van der Waals surface area contributed by atoms with Crippen LogP contribution >= 0.6 is 23.2 Å². The van der Waals surface area contributed by atoms with E-state index < -0.39 is 17.3 Å². The van der Waals surface area contributed by atoms with Crippen LogP contribution in [-0.2, 0) is 15.0 Å². The zero-order chi connectivity index (χ0) is 20.8. The number of imide groups is 1. The van der Waals surface area contributed by atoms with Crippen molar-refractivity contribution in [2.75, 3.05) is 4.90 Å². The molecule has 3 aromatic carbocycles. The van der Waals surface area contributed by atoms with Gasteiger partial charge in [0, 0.05) is 16.4 Å². The third-order valence-corrected chi connectivity index (χ3v) is 7.73. The Morgan fingerprint density at radius 2 is 1.43 bits per heavy atom. The zero-order valence-electron chi connectivity index (χ0n) is 16.1.